The molecule has 0 atom stereocenters. The van der Waals surface area contributed by atoms with E-state index in [1.807, 2.05) is 30.3 Å². The van der Waals surface area contributed by atoms with Crippen molar-refractivity contribution in [3.63, 3.8) is 0 Å². The zero-order valence-electron chi connectivity index (χ0n) is 10.5. The molecule has 0 saturated carbocycles. The standard InChI is InChI=1S/C14H21NO2/c1-2-3-4-8-11-15(13-16)17-12-14-9-6-5-7-10-14/h5-7,9-10,13H,2-4,8,11-12H2,1H3. The van der Waals surface area contributed by atoms with Crippen LogP contribution in [0, 0.1) is 0 Å². The number of carbonyl (C=O) groups is 1. The third-order valence-corrected chi connectivity index (χ3v) is 2.59. The van der Waals surface area contributed by atoms with Gasteiger partial charge in [-0.05, 0) is 12.0 Å². The summed E-state index contributed by atoms with van der Waals surface area (Å²) in [5.74, 6) is 0. The third kappa shape index (κ3) is 6.07. The average Bonchev–Trinajstić information content (AvgIpc) is 2.39. The molecule has 0 aromatic heterocycles. The summed E-state index contributed by atoms with van der Waals surface area (Å²) in [5.41, 5.74) is 1.08. The lowest BCUT2D eigenvalue weighted by Crippen LogP contribution is -2.23. The summed E-state index contributed by atoms with van der Waals surface area (Å²) < 4.78 is 0. The van der Waals surface area contributed by atoms with Crippen molar-refractivity contribution in [3.8, 4) is 0 Å². The quantitative estimate of drug-likeness (QED) is 0.374. The molecule has 3 nitrogen and oxygen atoms in total. The minimum Gasteiger partial charge on any atom is -0.276 e. The van der Waals surface area contributed by atoms with E-state index in [4.69, 9.17) is 4.84 Å². The Balaban J connectivity index is 2.20. The zero-order chi connectivity index (χ0) is 12.3. The van der Waals surface area contributed by atoms with Crippen LogP contribution in [-0.2, 0) is 16.2 Å². The fraction of sp³-hybridized carbons (Fsp3) is 0.500. The van der Waals surface area contributed by atoms with Crippen LogP contribution in [0.15, 0.2) is 30.3 Å². The molecule has 0 bridgehead atoms. The van der Waals surface area contributed by atoms with Gasteiger partial charge in [0.25, 0.3) is 0 Å². The molecule has 0 aliphatic rings. The van der Waals surface area contributed by atoms with Gasteiger partial charge in [0.05, 0.1) is 0 Å². The summed E-state index contributed by atoms with van der Waals surface area (Å²) in [5, 5.41) is 1.39. The molecule has 0 spiro atoms. The van der Waals surface area contributed by atoms with Gasteiger partial charge in [0.1, 0.15) is 6.61 Å². The lowest BCUT2D eigenvalue weighted by atomic mass is 10.2. The van der Waals surface area contributed by atoms with E-state index < -0.39 is 0 Å². The van der Waals surface area contributed by atoms with Gasteiger partial charge in [-0.3, -0.25) is 9.63 Å². The Morgan fingerprint density at radius 1 is 1.18 bits per heavy atom. The molecule has 1 amide bonds. The van der Waals surface area contributed by atoms with Gasteiger partial charge in [-0.2, -0.15) is 0 Å². The van der Waals surface area contributed by atoms with E-state index in [-0.39, 0.29) is 0 Å². The van der Waals surface area contributed by atoms with E-state index >= 15 is 0 Å². The molecule has 94 valence electrons. The molecule has 0 heterocycles. The van der Waals surface area contributed by atoms with Crippen LogP contribution in [0.5, 0.6) is 0 Å². The Labute approximate surface area is 103 Å². The Morgan fingerprint density at radius 3 is 2.59 bits per heavy atom. The summed E-state index contributed by atoms with van der Waals surface area (Å²) in [7, 11) is 0. The van der Waals surface area contributed by atoms with Crippen LogP contribution < -0.4 is 0 Å². The predicted molar refractivity (Wildman–Crippen MR) is 68.1 cm³/mol. The van der Waals surface area contributed by atoms with Gasteiger partial charge < -0.3 is 0 Å². The molecule has 0 N–H and O–H groups in total. The van der Waals surface area contributed by atoms with E-state index in [0.29, 0.717) is 13.2 Å². The van der Waals surface area contributed by atoms with Crippen molar-refractivity contribution < 1.29 is 9.63 Å². The number of hydrogen-bond acceptors (Lipinski definition) is 2. The number of rotatable bonds is 9. The van der Waals surface area contributed by atoms with Gasteiger partial charge in [0.15, 0.2) is 0 Å². The summed E-state index contributed by atoms with van der Waals surface area (Å²) in [6.07, 6.45) is 5.32. The van der Waals surface area contributed by atoms with Crippen molar-refractivity contribution in [2.45, 2.75) is 39.2 Å². The van der Waals surface area contributed by atoms with Gasteiger partial charge in [-0.15, -0.1) is 0 Å². The molecule has 0 unspecified atom stereocenters. The first-order chi connectivity index (χ1) is 8.36. The summed E-state index contributed by atoms with van der Waals surface area (Å²) in [6, 6.07) is 9.86. The Hall–Kier alpha value is -1.35. The molecular formula is C14H21NO2. The van der Waals surface area contributed by atoms with Crippen LogP contribution in [-0.4, -0.2) is 18.0 Å². The van der Waals surface area contributed by atoms with Crippen LogP contribution in [0.3, 0.4) is 0 Å². The Bertz CT molecular complexity index is 300. The first-order valence-electron chi connectivity index (χ1n) is 6.25. The number of hydrogen-bond donors (Lipinski definition) is 0. The van der Waals surface area contributed by atoms with E-state index in [2.05, 4.69) is 6.92 Å². The largest absolute Gasteiger partial charge is 0.276 e. The second-order valence-electron chi connectivity index (χ2n) is 4.07. The number of hydroxylamine groups is 2. The molecule has 0 fully saturated rings. The van der Waals surface area contributed by atoms with Crippen molar-refractivity contribution in [2.24, 2.45) is 0 Å². The maximum atomic E-state index is 10.8. The lowest BCUT2D eigenvalue weighted by Gasteiger charge is -2.16. The highest BCUT2D eigenvalue weighted by Crippen LogP contribution is 2.04. The Morgan fingerprint density at radius 2 is 1.94 bits per heavy atom. The molecule has 0 aliphatic carbocycles. The number of nitrogens with zero attached hydrogens (tertiary/aromatic N) is 1. The molecule has 17 heavy (non-hydrogen) atoms. The van der Waals surface area contributed by atoms with Gasteiger partial charge in [0.2, 0.25) is 6.41 Å². The van der Waals surface area contributed by atoms with E-state index in [0.717, 1.165) is 24.8 Å². The third-order valence-electron chi connectivity index (χ3n) is 2.59. The van der Waals surface area contributed by atoms with Gasteiger partial charge in [-0.25, -0.2) is 5.06 Å². The number of amides is 1. The van der Waals surface area contributed by atoms with Crippen molar-refractivity contribution >= 4 is 6.41 Å². The highest BCUT2D eigenvalue weighted by Gasteiger charge is 2.02. The molecule has 0 aliphatic heterocycles. The number of carbonyl (C=O) groups excluding carboxylic acids is 1. The van der Waals surface area contributed by atoms with Crippen LogP contribution in [0.1, 0.15) is 38.2 Å². The van der Waals surface area contributed by atoms with Gasteiger partial charge in [0, 0.05) is 6.54 Å². The maximum Gasteiger partial charge on any atom is 0.233 e. The minimum atomic E-state index is 0.452. The van der Waals surface area contributed by atoms with E-state index in [1.165, 1.54) is 17.9 Å². The monoisotopic (exact) mass is 235 g/mol. The van der Waals surface area contributed by atoms with Crippen molar-refractivity contribution in [1.29, 1.82) is 0 Å². The van der Waals surface area contributed by atoms with Crippen LogP contribution in [0.25, 0.3) is 0 Å². The number of benzene rings is 1. The second-order valence-corrected chi connectivity index (χ2v) is 4.07. The van der Waals surface area contributed by atoms with Gasteiger partial charge in [-0.1, -0.05) is 56.5 Å². The van der Waals surface area contributed by atoms with Crippen LogP contribution in [0.4, 0.5) is 0 Å². The maximum absolute atomic E-state index is 10.8. The van der Waals surface area contributed by atoms with Crippen LogP contribution >= 0.6 is 0 Å². The Kier molecular flexibility index (Phi) is 7.07. The normalized spacial score (nSPS) is 10.2. The molecule has 1 aromatic rings. The fourth-order valence-corrected chi connectivity index (χ4v) is 1.57. The first-order valence-corrected chi connectivity index (χ1v) is 6.25. The van der Waals surface area contributed by atoms with Crippen molar-refractivity contribution in [2.75, 3.05) is 6.54 Å². The smallest absolute Gasteiger partial charge is 0.233 e. The summed E-state index contributed by atoms with van der Waals surface area (Å²) in [4.78, 5) is 16.2. The van der Waals surface area contributed by atoms with E-state index in [9.17, 15) is 4.79 Å². The molecule has 3 heteroatoms. The highest BCUT2D eigenvalue weighted by atomic mass is 16.7. The molecular weight excluding hydrogens is 214 g/mol. The minimum absolute atomic E-state index is 0.452. The number of unbranched alkanes of at least 4 members (excludes halogenated alkanes) is 3. The van der Waals surface area contributed by atoms with Crippen molar-refractivity contribution in [1.82, 2.24) is 5.06 Å². The first kappa shape index (κ1) is 13.7. The molecule has 1 aromatic carbocycles. The summed E-state index contributed by atoms with van der Waals surface area (Å²) in [6.45, 7) is 3.30. The summed E-state index contributed by atoms with van der Waals surface area (Å²) >= 11 is 0. The average molecular weight is 235 g/mol. The van der Waals surface area contributed by atoms with E-state index in [1.54, 1.807) is 0 Å². The second kappa shape index (κ2) is 8.76. The molecule has 0 saturated heterocycles. The zero-order valence-corrected chi connectivity index (χ0v) is 10.5. The predicted octanol–water partition coefficient (Wildman–Crippen LogP) is 3.16. The SMILES string of the molecule is CCCCCCN(C=O)OCc1ccccc1. The fourth-order valence-electron chi connectivity index (χ4n) is 1.57. The highest BCUT2D eigenvalue weighted by molar-refractivity contribution is 5.44. The lowest BCUT2D eigenvalue weighted by molar-refractivity contribution is -0.177. The van der Waals surface area contributed by atoms with Crippen molar-refractivity contribution in [3.05, 3.63) is 35.9 Å². The topological polar surface area (TPSA) is 29.5 Å². The molecule has 1 rings (SSSR count). The molecule has 0 radical (unpaired) electrons. The van der Waals surface area contributed by atoms with Crippen LogP contribution in [0.2, 0.25) is 0 Å². The van der Waals surface area contributed by atoms with Gasteiger partial charge >= 0.3 is 0 Å².